The van der Waals surface area contributed by atoms with Crippen molar-refractivity contribution in [2.75, 3.05) is 11.6 Å². The van der Waals surface area contributed by atoms with Gasteiger partial charge in [0, 0.05) is 10.6 Å². The van der Waals surface area contributed by atoms with Crippen molar-refractivity contribution < 1.29 is 0 Å². The van der Waals surface area contributed by atoms with Crippen LogP contribution in [0.1, 0.15) is 5.69 Å². The second-order valence-electron chi connectivity index (χ2n) is 3.25. The Morgan fingerprint density at radius 2 is 1.94 bits per heavy atom. The Morgan fingerprint density at radius 3 is 2.47 bits per heavy atom. The van der Waals surface area contributed by atoms with Gasteiger partial charge in [-0.1, -0.05) is 0 Å². The molecule has 0 atom stereocenters. The second-order valence-corrected chi connectivity index (χ2v) is 4.13. The lowest BCUT2D eigenvalue weighted by Crippen LogP contribution is -1.95. The molecule has 1 heterocycles. The van der Waals surface area contributed by atoms with Gasteiger partial charge in [0.2, 0.25) is 0 Å². The van der Waals surface area contributed by atoms with Crippen LogP contribution in [0.3, 0.4) is 0 Å². The van der Waals surface area contributed by atoms with E-state index >= 15 is 0 Å². The number of hydrogen-bond donors (Lipinski definition) is 1. The fraction of sp³-hybridized carbons (Fsp3) is 0.0833. The molecule has 0 spiro atoms. The first-order valence-electron chi connectivity index (χ1n) is 4.95. The first kappa shape index (κ1) is 11.4. The first-order chi connectivity index (χ1) is 8.31. The van der Waals surface area contributed by atoms with Gasteiger partial charge in [0.25, 0.3) is 0 Å². The third-order valence-corrected chi connectivity index (χ3v) is 2.87. The molecule has 0 aliphatic carbocycles. The summed E-state index contributed by atoms with van der Waals surface area (Å²) >= 11 is 1.70. The number of hydrogen-bond acceptors (Lipinski definition) is 5. The van der Waals surface area contributed by atoms with Gasteiger partial charge in [-0.05, 0) is 30.5 Å². The highest BCUT2D eigenvalue weighted by atomic mass is 32.2. The van der Waals surface area contributed by atoms with E-state index in [1.54, 1.807) is 18.0 Å². The Bertz CT molecular complexity index is 528. The van der Waals surface area contributed by atoms with Crippen LogP contribution in [0.15, 0.2) is 41.6 Å². The summed E-state index contributed by atoms with van der Waals surface area (Å²) in [4.78, 5) is 9.23. The molecule has 1 N–H and O–H groups in total. The van der Waals surface area contributed by atoms with Crippen LogP contribution in [0.5, 0.6) is 0 Å². The van der Waals surface area contributed by atoms with Crippen LogP contribution >= 0.6 is 11.8 Å². The quantitative estimate of drug-likeness (QED) is 0.838. The molecule has 2 rings (SSSR count). The Hall–Kier alpha value is -2.06. The monoisotopic (exact) mass is 242 g/mol. The number of nitrogens with zero attached hydrogens (tertiary/aromatic N) is 3. The van der Waals surface area contributed by atoms with Gasteiger partial charge in [0.1, 0.15) is 11.9 Å². The van der Waals surface area contributed by atoms with E-state index < -0.39 is 0 Å². The molecule has 1 aromatic heterocycles. The van der Waals surface area contributed by atoms with Crippen LogP contribution in [-0.2, 0) is 0 Å². The van der Waals surface area contributed by atoms with Gasteiger partial charge in [-0.15, -0.1) is 11.8 Å². The molecule has 2 aromatic rings. The van der Waals surface area contributed by atoms with E-state index in [1.807, 2.05) is 36.6 Å². The Morgan fingerprint density at radius 1 is 1.18 bits per heavy atom. The third kappa shape index (κ3) is 2.95. The number of nitrogens with one attached hydrogen (secondary N) is 1. The van der Waals surface area contributed by atoms with Gasteiger partial charge < -0.3 is 5.32 Å². The summed E-state index contributed by atoms with van der Waals surface area (Å²) in [7, 11) is 0. The summed E-state index contributed by atoms with van der Waals surface area (Å²) in [6, 6.07) is 9.95. The van der Waals surface area contributed by atoms with Gasteiger partial charge in [-0.3, -0.25) is 0 Å². The second kappa shape index (κ2) is 5.32. The van der Waals surface area contributed by atoms with Crippen molar-refractivity contribution in [1.82, 2.24) is 9.97 Å². The lowest BCUT2D eigenvalue weighted by Gasteiger charge is -2.05. The highest BCUT2D eigenvalue weighted by Gasteiger charge is 1.98. The lowest BCUT2D eigenvalue weighted by atomic mass is 10.3. The summed E-state index contributed by atoms with van der Waals surface area (Å²) in [5, 5.41) is 11.7. The zero-order valence-electron chi connectivity index (χ0n) is 9.21. The minimum Gasteiger partial charge on any atom is -0.339 e. The molecule has 0 saturated heterocycles. The lowest BCUT2D eigenvalue weighted by molar-refractivity contribution is 1.16. The highest BCUT2D eigenvalue weighted by molar-refractivity contribution is 7.98. The van der Waals surface area contributed by atoms with Crippen molar-refractivity contribution in [3.63, 3.8) is 0 Å². The minimum absolute atomic E-state index is 0.313. The van der Waals surface area contributed by atoms with E-state index in [4.69, 9.17) is 5.26 Å². The average molecular weight is 242 g/mol. The molecule has 0 amide bonds. The summed E-state index contributed by atoms with van der Waals surface area (Å²) in [6.07, 6.45) is 5.02. The Labute approximate surface area is 104 Å². The number of thioether (sulfide) groups is 1. The predicted octanol–water partition coefficient (Wildman–Crippen LogP) is 2.81. The molecule has 0 fully saturated rings. The van der Waals surface area contributed by atoms with Crippen LogP contribution in [0, 0.1) is 11.3 Å². The summed E-state index contributed by atoms with van der Waals surface area (Å²) < 4.78 is 0. The molecule has 4 nitrogen and oxygen atoms in total. The maximum atomic E-state index is 8.60. The molecule has 5 heteroatoms. The number of aromatic nitrogens is 2. The van der Waals surface area contributed by atoms with Gasteiger partial charge in [0.15, 0.2) is 5.69 Å². The zero-order valence-corrected chi connectivity index (χ0v) is 10.0. The summed E-state index contributed by atoms with van der Waals surface area (Å²) in [6.45, 7) is 0. The molecule has 0 bridgehead atoms. The summed E-state index contributed by atoms with van der Waals surface area (Å²) in [5.41, 5.74) is 1.26. The number of nitriles is 1. The molecule has 0 radical (unpaired) electrons. The Balaban J connectivity index is 2.11. The molecule has 0 saturated carbocycles. The van der Waals surface area contributed by atoms with E-state index in [9.17, 15) is 0 Å². The summed E-state index contributed by atoms with van der Waals surface area (Å²) in [5.74, 6) is 0.626. The molecule has 0 unspecified atom stereocenters. The smallest absolute Gasteiger partial charge is 0.158 e. The molecule has 1 aromatic carbocycles. The highest BCUT2D eigenvalue weighted by Crippen LogP contribution is 2.19. The third-order valence-electron chi connectivity index (χ3n) is 2.13. The largest absolute Gasteiger partial charge is 0.339 e. The van der Waals surface area contributed by atoms with E-state index in [0.717, 1.165) is 5.69 Å². The Kier molecular flexibility index (Phi) is 3.58. The van der Waals surface area contributed by atoms with Crippen LogP contribution in [0.2, 0.25) is 0 Å². The van der Waals surface area contributed by atoms with Crippen molar-refractivity contribution in [1.29, 1.82) is 5.26 Å². The van der Waals surface area contributed by atoms with Gasteiger partial charge >= 0.3 is 0 Å². The maximum Gasteiger partial charge on any atom is 0.158 e. The first-order valence-corrected chi connectivity index (χ1v) is 6.17. The van der Waals surface area contributed by atoms with Crippen molar-refractivity contribution in [3.05, 3.63) is 42.4 Å². The predicted molar refractivity (Wildman–Crippen MR) is 68.3 cm³/mol. The minimum atomic E-state index is 0.313. The molecular formula is C12H10N4S. The van der Waals surface area contributed by atoms with E-state index in [-0.39, 0.29) is 0 Å². The van der Waals surface area contributed by atoms with Crippen molar-refractivity contribution in [3.8, 4) is 6.07 Å². The standard InChI is InChI=1S/C12H10N4S/c1-17-11-4-2-9(3-5-11)16-12-8-14-10(6-13)7-15-12/h2-5,7-8H,1H3,(H,15,16). The van der Waals surface area contributed by atoms with Gasteiger partial charge in [0.05, 0.1) is 12.4 Å². The van der Waals surface area contributed by atoms with Crippen LogP contribution in [0.4, 0.5) is 11.5 Å². The fourth-order valence-electron chi connectivity index (χ4n) is 1.27. The van der Waals surface area contributed by atoms with E-state index in [2.05, 4.69) is 15.3 Å². The normalized spacial score (nSPS) is 9.65. The van der Waals surface area contributed by atoms with Crippen molar-refractivity contribution in [2.45, 2.75) is 4.90 Å². The van der Waals surface area contributed by atoms with Crippen LogP contribution < -0.4 is 5.32 Å². The molecular weight excluding hydrogens is 232 g/mol. The van der Waals surface area contributed by atoms with Crippen LogP contribution in [0.25, 0.3) is 0 Å². The number of benzene rings is 1. The maximum absolute atomic E-state index is 8.60. The molecule has 17 heavy (non-hydrogen) atoms. The van der Waals surface area contributed by atoms with Crippen molar-refractivity contribution in [2.24, 2.45) is 0 Å². The van der Waals surface area contributed by atoms with E-state index in [0.29, 0.717) is 11.5 Å². The molecule has 0 aliphatic heterocycles. The molecule has 0 aliphatic rings. The van der Waals surface area contributed by atoms with E-state index in [1.165, 1.54) is 11.1 Å². The van der Waals surface area contributed by atoms with Gasteiger partial charge in [-0.2, -0.15) is 5.26 Å². The number of rotatable bonds is 3. The fourth-order valence-corrected chi connectivity index (χ4v) is 1.68. The average Bonchev–Trinajstić information content (AvgIpc) is 2.40. The topological polar surface area (TPSA) is 61.6 Å². The van der Waals surface area contributed by atoms with Crippen molar-refractivity contribution >= 4 is 23.3 Å². The number of anilines is 2. The van der Waals surface area contributed by atoms with Gasteiger partial charge in [-0.25, -0.2) is 9.97 Å². The van der Waals surface area contributed by atoms with Crippen LogP contribution in [-0.4, -0.2) is 16.2 Å². The SMILES string of the molecule is CSc1ccc(Nc2cnc(C#N)cn2)cc1. The molecule has 84 valence electrons. The zero-order chi connectivity index (χ0) is 12.1.